The normalized spacial score (nSPS) is 11.2. The molecular weight excluding hydrogens is 355 g/mol. The van der Waals surface area contributed by atoms with Crippen molar-refractivity contribution in [2.75, 3.05) is 17.2 Å². The third kappa shape index (κ3) is 5.35. The molecule has 0 unspecified atom stereocenters. The molecule has 1 heterocycles. The van der Waals surface area contributed by atoms with E-state index in [1.54, 1.807) is 0 Å². The monoisotopic (exact) mass is 371 g/mol. The zero-order valence-corrected chi connectivity index (χ0v) is 14.2. The van der Waals surface area contributed by atoms with Gasteiger partial charge in [-0.1, -0.05) is 24.9 Å². The van der Waals surface area contributed by atoms with Gasteiger partial charge in [0.25, 0.3) is 5.91 Å². The minimum Gasteiger partial charge on any atom is -0.370 e. The number of carbonyl (C=O) groups excluding carboxylic acids is 1. The minimum absolute atomic E-state index is 0.0247. The van der Waals surface area contributed by atoms with Crippen molar-refractivity contribution in [1.29, 1.82) is 0 Å². The number of aromatic nitrogens is 1. The van der Waals surface area contributed by atoms with Crippen molar-refractivity contribution in [3.63, 3.8) is 0 Å². The summed E-state index contributed by atoms with van der Waals surface area (Å²) in [7, 11) is 0. The van der Waals surface area contributed by atoms with Crippen molar-refractivity contribution in [3.8, 4) is 0 Å². The summed E-state index contributed by atoms with van der Waals surface area (Å²) in [6, 6.07) is 5.78. The van der Waals surface area contributed by atoms with E-state index in [4.69, 9.17) is 11.6 Å². The van der Waals surface area contributed by atoms with Crippen LogP contribution in [0.15, 0.2) is 36.5 Å². The van der Waals surface area contributed by atoms with E-state index in [-0.39, 0.29) is 16.3 Å². The number of nitrogens with zero attached hydrogens (tertiary/aromatic N) is 1. The van der Waals surface area contributed by atoms with Crippen LogP contribution in [0.4, 0.5) is 24.7 Å². The van der Waals surface area contributed by atoms with Gasteiger partial charge < -0.3 is 10.6 Å². The highest BCUT2D eigenvalue weighted by atomic mass is 35.5. The molecule has 2 aromatic rings. The molecule has 2 rings (SSSR count). The summed E-state index contributed by atoms with van der Waals surface area (Å²) < 4.78 is 38.4. The first kappa shape index (κ1) is 19.1. The number of amides is 1. The highest BCUT2D eigenvalue weighted by Crippen LogP contribution is 2.34. The van der Waals surface area contributed by atoms with Crippen molar-refractivity contribution in [2.45, 2.75) is 25.9 Å². The van der Waals surface area contributed by atoms with E-state index in [1.807, 2.05) is 0 Å². The van der Waals surface area contributed by atoms with Crippen LogP contribution >= 0.6 is 11.6 Å². The van der Waals surface area contributed by atoms with Crippen molar-refractivity contribution >= 4 is 29.0 Å². The lowest BCUT2D eigenvalue weighted by atomic mass is 10.1. The lowest BCUT2D eigenvalue weighted by Gasteiger charge is -2.12. The van der Waals surface area contributed by atoms with Crippen molar-refractivity contribution in [3.05, 3.63) is 52.7 Å². The van der Waals surface area contributed by atoms with Crippen LogP contribution in [-0.4, -0.2) is 17.4 Å². The molecule has 4 nitrogen and oxygen atoms in total. The Morgan fingerprint density at radius 3 is 2.68 bits per heavy atom. The fraction of sp³-hybridized carbons (Fsp3) is 0.294. The number of halogens is 4. The van der Waals surface area contributed by atoms with Crippen molar-refractivity contribution in [2.24, 2.45) is 0 Å². The standard InChI is InChI=1S/C17H17ClF3N3O/c1-2-3-7-22-15-9-11(6-8-23-15)16(25)24-14-10-12(17(19,20)21)4-5-13(14)18/h4-6,8-10H,2-3,7H2,1H3,(H,22,23)(H,24,25). The molecule has 2 N–H and O–H groups in total. The second-order valence-electron chi connectivity index (χ2n) is 5.36. The molecule has 0 bridgehead atoms. The van der Waals surface area contributed by atoms with Gasteiger partial charge in [-0.25, -0.2) is 4.98 Å². The van der Waals surface area contributed by atoms with Gasteiger partial charge >= 0.3 is 6.18 Å². The molecule has 25 heavy (non-hydrogen) atoms. The predicted octanol–water partition coefficient (Wildman–Crippen LogP) is 5.22. The Bertz CT molecular complexity index is 750. The molecule has 1 amide bonds. The number of unbranched alkanes of at least 4 members (excludes halogenated alkanes) is 1. The smallest absolute Gasteiger partial charge is 0.370 e. The molecular formula is C17H17ClF3N3O. The Labute approximate surface area is 148 Å². The molecule has 0 aliphatic heterocycles. The number of carbonyl (C=O) groups is 1. The molecule has 1 aromatic carbocycles. The molecule has 0 saturated carbocycles. The van der Waals surface area contributed by atoms with Gasteiger partial charge in [-0.15, -0.1) is 0 Å². The van der Waals surface area contributed by atoms with Crippen LogP contribution in [0.2, 0.25) is 5.02 Å². The number of anilines is 2. The summed E-state index contributed by atoms with van der Waals surface area (Å²) in [6.07, 6.45) is -1.09. The topological polar surface area (TPSA) is 54.0 Å². The van der Waals surface area contributed by atoms with Crippen LogP contribution in [0.25, 0.3) is 0 Å². The van der Waals surface area contributed by atoms with Crippen molar-refractivity contribution in [1.82, 2.24) is 4.98 Å². The highest BCUT2D eigenvalue weighted by Gasteiger charge is 2.31. The number of rotatable bonds is 6. The lowest BCUT2D eigenvalue weighted by Crippen LogP contribution is -2.14. The van der Waals surface area contributed by atoms with Gasteiger partial charge in [0.15, 0.2) is 0 Å². The molecule has 1 aromatic heterocycles. The molecule has 0 spiro atoms. The van der Waals surface area contributed by atoms with Gasteiger partial charge in [-0.2, -0.15) is 13.2 Å². The van der Waals surface area contributed by atoms with Gasteiger partial charge in [0.05, 0.1) is 16.3 Å². The summed E-state index contributed by atoms with van der Waals surface area (Å²) in [4.78, 5) is 16.4. The predicted molar refractivity (Wildman–Crippen MR) is 92.0 cm³/mol. The van der Waals surface area contributed by atoms with Gasteiger partial charge in [0, 0.05) is 18.3 Å². The van der Waals surface area contributed by atoms with E-state index >= 15 is 0 Å². The SMILES string of the molecule is CCCCNc1cc(C(=O)Nc2cc(C(F)(F)F)ccc2Cl)ccn1. The van der Waals surface area contributed by atoms with Gasteiger partial charge in [-0.05, 0) is 36.8 Å². The van der Waals surface area contributed by atoms with Crippen LogP contribution in [0.5, 0.6) is 0 Å². The first-order valence-corrected chi connectivity index (χ1v) is 8.07. The number of pyridine rings is 1. The molecule has 0 aliphatic carbocycles. The van der Waals surface area contributed by atoms with Gasteiger partial charge in [-0.3, -0.25) is 4.79 Å². The average molecular weight is 372 g/mol. The quantitative estimate of drug-likeness (QED) is 0.684. The molecule has 8 heteroatoms. The summed E-state index contributed by atoms with van der Waals surface area (Å²) in [6.45, 7) is 2.77. The van der Waals surface area contributed by atoms with Gasteiger partial charge in [0.2, 0.25) is 0 Å². The van der Waals surface area contributed by atoms with Crippen LogP contribution in [0.3, 0.4) is 0 Å². The lowest BCUT2D eigenvalue weighted by molar-refractivity contribution is -0.137. The van der Waals surface area contributed by atoms with Gasteiger partial charge in [0.1, 0.15) is 5.82 Å². The number of benzene rings is 1. The third-order valence-corrected chi connectivity index (χ3v) is 3.73. The number of alkyl halides is 3. The first-order chi connectivity index (χ1) is 11.8. The molecule has 0 atom stereocenters. The summed E-state index contributed by atoms with van der Waals surface area (Å²) in [5.74, 6) is -0.0431. The van der Waals surface area contributed by atoms with Crippen LogP contribution in [0, 0.1) is 0 Å². The van der Waals surface area contributed by atoms with Crippen molar-refractivity contribution < 1.29 is 18.0 Å². The minimum atomic E-state index is -4.52. The largest absolute Gasteiger partial charge is 0.416 e. The maximum absolute atomic E-state index is 12.8. The van der Waals surface area contributed by atoms with Crippen LogP contribution in [0.1, 0.15) is 35.7 Å². The Hall–Kier alpha value is -2.28. The maximum atomic E-state index is 12.8. The fourth-order valence-electron chi connectivity index (χ4n) is 2.05. The van der Waals surface area contributed by atoms with E-state index in [9.17, 15) is 18.0 Å². The maximum Gasteiger partial charge on any atom is 0.416 e. The highest BCUT2D eigenvalue weighted by molar-refractivity contribution is 6.34. The summed E-state index contributed by atoms with van der Waals surface area (Å²) in [5, 5.41) is 5.51. The molecule has 0 aliphatic rings. The number of hydrogen-bond acceptors (Lipinski definition) is 3. The summed E-state index contributed by atoms with van der Waals surface area (Å²) >= 11 is 5.89. The van der Waals surface area contributed by atoms with E-state index in [0.717, 1.165) is 31.0 Å². The third-order valence-electron chi connectivity index (χ3n) is 3.40. The van der Waals surface area contributed by atoms with E-state index < -0.39 is 17.6 Å². The Morgan fingerprint density at radius 1 is 1.24 bits per heavy atom. The number of nitrogens with one attached hydrogen (secondary N) is 2. The Morgan fingerprint density at radius 2 is 2.00 bits per heavy atom. The molecule has 0 fully saturated rings. The van der Waals surface area contributed by atoms with E-state index in [2.05, 4.69) is 22.5 Å². The van der Waals surface area contributed by atoms with Crippen LogP contribution in [-0.2, 0) is 6.18 Å². The zero-order chi connectivity index (χ0) is 18.4. The van der Waals surface area contributed by atoms with E-state index in [1.165, 1.54) is 18.3 Å². The first-order valence-electron chi connectivity index (χ1n) is 7.69. The average Bonchev–Trinajstić information content (AvgIpc) is 2.56. The molecule has 134 valence electrons. The van der Waals surface area contributed by atoms with E-state index in [0.29, 0.717) is 12.4 Å². The summed E-state index contributed by atoms with van der Waals surface area (Å²) in [5.41, 5.74) is -0.717. The second kappa shape index (κ2) is 8.20. The molecule has 0 radical (unpaired) electrons. The number of hydrogen-bond donors (Lipinski definition) is 2. The second-order valence-corrected chi connectivity index (χ2v) is 5.76. The molecule has 0 saturated heterocycles. The Kier molecular flexibility index (Phi) is 6.25. The van der Waals surface area contributed by atoms with Crippen LogP contribution < -0.4 is 10.6 Å². The Balaban J connectivity index is 2.16. The fourth-order valence-corrected chi connectivity index (χ4v) is 2.22. The zero-order valence-electron chi connectivity index (χ0n) is 13.5.